The van der Waals surface area contributed by atoms with E-state index in [-0.39, 0.29) is 23.8 Å². The van der Waals surface area contributed by atoms with Gasteiger partial charge in [0.2, 0.25) is 5.91 Å². The van der Waals surface area contributed by atoms with Crippen LogP contribution in [0.1, 0.15) is 21.7 Å². The summed E-state index contributed by atoms with van der Waals surface area (Å²) >= 11 is 1.27. The van der Waals surface area contributed by atoms with Crippen molar-refractivity contribution >= 4 is 29.3 Å². The van der Waals surface area contributed by atoms with Gasteiger partial charge in [-0.05, 0) is 30.7 Å². The molecule has 3 rings (SSSR count). The van der Waals surface area contributed by atoms with E-state index in [1.807, 2.05) is 35.8 Å². The zero-order chi connectivity index (χ0) is 22.9. The molecular formula is C23H24FN5O2S. The number of amides is 2. The van der Waals surface area contributed by atoms with Crippen LogP contribution in [-0.2, 0) is 17.8 Å². The molecule has 0 spiro atoms. The Morgan fingerprint density at radius 2 is 1.91 bits per heavy atom. The largest absolute Gasteiger partial charge is 0.351 e. The van der Waals surface area contributed by atoms with E-state index in [0.717, 1.165) is 11.3 Å². The number of rotatable bonds is 10. The summed E-state index contributed by atoms with van der Waals surface area (Å²) in [5.74, 6) is -0.382. The fourth-order valence-electron chi connectivity index (χ4n) is 2.98. The van der Waals surface area contributed by atoms with E-state index >= 15 is 0 Å². The average molecular weight is 454 g/mol. The fraction of sp³-hybridized carbons (Fsp3) is 0.217. The van der Waals surface area contributed by atoms with E-state index in [0.29, 0.717) is 23.9 Å². The van der Waals surface area contributed by atoms with Crippen LogP contribution in [0.5, 0.6) is 0 Å². The van der Waals surface area contributed by atoms with Crippen molar-refractivity contribution < 1.29 is 14.0 Å². The summed E-state index contributed by atoms with van der Waals surface area (Å²) in [6.07, 6.45) is 2.11. The number of nitrogens with zero attached hydrogens (tertiary/aromatic N) is 3. The Labute approximate surface area is 190 Å². The maximum absolute atomic E-state index is 13.7. The Bertz CT molecular complexity index is 1120. The second-order valence-electron chi connectivity index (χ2n) is 6.94. The third-order valence-corrected chi connectivity index (χ3v) is 5.58. The molecule has 2 N–H and O–H groups in total. The predicted molar refractivity (Wildman–Crippen MR) is 123 cm³/mol. The van der Waals surface area contributed by atoms with E-state index in [2.05, 4.69) is 27.4 Å². The quantitative estimate of drug-likeness (QED) is 0.362. The van der Waals surface area contributed by atoms with Gasteiger partial charge in [0, 0.05) is 25.2 Å². The zero-order valence-corrected chi connectivity index (χ0v) is 18.5. The number of hydrogen-bond donors (Lipinski definition) is 2. The van der Waals surface area contributed by atoms with Crippen LogP contribution < -0.4 is 10.6 Å². The summed E-state index contributed by atoms with van der Waals surface area (Å²) in [6.45, 7) is 6.42. The molecule has 0 aliphatic carbocycles. The molecule has 2 aromatic carbocycles. The van der Waals surface area contributed by atoms with Crippen LogP contribution in [0, 0.1) is 12.7 Å². The smallest absolute Gasteiger partial charge is 0.254 e. The van der Waals surface area contributed by atoms with Gasteiger partial charge >= 0.3 is 0 Å². The molecular weight excluding hydrogens is 429 g/mol. The molecule has 0 aliphatic heterocycles. The van der Waals surface area contributed by atoms with Crippen LogP contribution in [0.15, 0.2) is 66.3 Å². The summed E-state index contributed by atoms with van der Waals surface area (Å²) in [5.41, 5.74) is 1.76. The molecule has 7 nitrogen and oxygen atoms in total. The monoisotopic (exact) mass is 453 g/mol. The number of aryl methyl sites for hydroxylation is 1. The van der Waals surface area contributed by atoms with Crippen molar-refractivity contribution in [3.05, 3.63) is 84.0 Å². The van der Waals surface area contributed by atoms with Crippen LogP contribution in [0.3, 0.4) is 0 Å². The van der Waals surface area contributed by atoms with Gasteiger partial charge in [-0.3, -0.25) is 9.59 Å². The Morgan fingerprint density at radius 1 is 1.16 bits per heavy atom. The third kappa shape index (κ3) is 6.04. The van der Waals surface area contributed by atoms with Crippen molar-refractivity contribution in [1.82, 2.24) is 20.1 Å². The van der Waals surface area contributed by atoms with Crippen LogP contribution in [0.2, 0.25) is 0 Å². The topological polar surface area (TPSA) is 88.9 Å². The molecule has 0 saturated heterocycles. The average Bonchev–Trinajstić information content (AvgIpc) is 3.16. The van der Waals surface area contributed by atoms with Crippen LogP contribution in [0.4, 0.5) is 10.1 Å². The number of nitrogens with one attached hydrogen (secondary N) is 2. The minimum Gasteiger partial charge on any atom is -0.351 e. The molecule has 3 aromatic rings. The SMILES string of the molecule is C=CCn1c(CCNC(=O)c2ccccc2F)nnc1SCC(=O)Nc1ccccc1C. The number of benzene rings is 2. The van der Waals surface area contributed by atoms with Crippen molar-refractivity contribution in [2.75, 3.05) is 17.6 Å². The number of carbonyl (C=O) groups excluding carboxylic acids is 2. The van der Waals surface area contributed by atoms with Gasteiger partial charge in [0.05, 0.1) is 11.3 Å². The second kappa shape index (κ2) is 11.2. The lowest BCUT2D eigenvalue weighted by molar-refractivity contribution is -0.113. The summed E-state index contributed by atoms with van der Waals surface area (Å²) in [6, 6.07) is 13.4. The van der Waals surface area contributed by atoms with Gasteiger partial charge in [-0.1, -0.05) is 48.2 Å². The van der Waals surface area contributed by atoms with Crippen LogP contribution in [0.25, 0.3) is 0 Å². The number of allylic oxidation sites excluding steroid dienone is 1. The van der Waals surface area contributed by atoms with E-state index in [4.69, 9.17) is 0 Å². The van der Waals surface area contributed by atoms with Gasteiger partial charge in [-0.25, -0.2) is 4.39 Å². The highest BCUT2D eigenvalue weighted by atomic mass is 32.2. The predicted octanol–water partition coefficient (Wildman–Crippen LogP) is 3.61. The van der Waals surface area contributed by atoms with Gasteiger partial charge in [-0.2, -0.15) is 0 Å². The fourth-order valence-corrected chi connectivity index (χ4v) is 3.75. The van der Waals surface area contributed by atoms with E-state index in [1.165, 1.54) is 30.0 Å². The second-order valence-corrected chi connectivity index (χ2v) is 7.88. The first kappa shape index (κ1) is 23.2. The lowest BCUT2D eigenvalue weighted by Crippen LogP contribution is -2.27. The van der Waals surface area contributed by atoms with Crippen molar-refractivity contribution in [3.8, 4) is 0 Å². The molecule has 0 saturated carbocycles. The highest BCUT2D eigenvalue weighted by molar-refractivity contribution is 7.99. The molecule has 32 heavy (non-hydrogen) atoms. The number of halogens is 1. The minimum atomic E-state index is -0.567. The van der Waals surface area contributed by atoms with Crippen molar-refractivity contribution in [1.29, 1.82) is 0 Å². The summed E-state index contributed by atoms with van der Waals surface area (Å²) in [7, 11) is 0. The lowest BCUT2D eigenvalue weighted by Gasteiger charge is -2.10. The molecule has 166 valence electrons. The van der Waals surface area contributed by atoms with Crippen molar-refractivity contribution in [2.45, 2.75) is 25.0 Å². The van der Waals surface area contributed by atoms with E-state index in [1.54, 1.807) is 12.1 Å². The molecule has 0 unspecified atom stereocenters. The summed E-state index contributed by atoms with van der Waals surface area (Å²) in [4.78, 5) is 24.5. The highest BCUT2D eigenvalue weighted by Crippen LogP contribution is 2.19. The molecule has 2 amide bonds. The maximum atomic E-state index is 13.7. The van der Waals surface area contributed by atoms with Crippen molar-refractivity contribution in [2.24, 2.45) is 0 Å². The standard InChI is InChI=1S/C23H24FN5O2S/c1-3-14-29-20(12-13-25-22(31)17-9-5-6-10-18(17)24)27-28-23(29)32-15-21(30)26-19-11-7-4-8-16(19)2/h3-11H,1,12-15H2,2H3,(H,25,31)(H,26,30). The molecule has 0 aliphatic rings. The number of anilines is 1. The molecule has 1 heterocycles. The number of aromatic nitrogens is 3. The molecule has 0 radical (unpaired) electrons. The molecule has 0 fully saturated rings. The lowest BCUT2D eigenvalue weighted by atomic mass is 10.2. The Hall–Kier alpha value is -3.46. The number of carbonyl (C=O) groups is 2. The number of para-hydroxylation sites is 1. The highest BCUT2D eigenvalue weighted by Gasteiger charge is 2.15. The zero-order valence-electron chi connectivity index (χ0n) is 17.7. The molecule has 0 atom stereocenters. The summed E-state index contributed by atoms with van der Waals surface area (Å²) in [5, 5.41) is 14.5. The van der Waals surface area contributed by atoms with E-state index in [9.17, 15) is 14.0 Å². The summed E-state index contributed by atoms with van der Waals surface area (Å²) < 4.78 is 15.6. The Kier molecular flexibility index (Phi) is 8.15. The Morgan fingerprint density at radius 3 is 2.66 bits per heavy atom. The van der Waals surface area contributed by atoms with Gasteiger partial charge in [0.1, 0.15) is 11.6 Å². The van der Waals surface area contributed by atoms with Crippen molar-refractivity contribution in [3.63, 3.8) is 0 Å². The van der Waals surface area contributed by atoms with Gasteiger partial charge in [0.15, 0.2) is 5.16 Å². The number of thioether (sulfide) groups is 1. The first-order valence-corrected chi connectivity index (χ1v) is 11.0. The third-order valence-electron chi connectivity index (χ3n) is 4.61. The molecule has 1 aromatic heterocycles. The first-order chi connectivity index (χ1) is 15.5. The molecule has 9 heteroatoms. The maximum Gasteiger partial charge on any atom is 0.254 e. The normalized spacial score (nSPS) is 10.6. The Balaban J connectivity index is 1.57. The van der Waals surface area contributed by atoms with Crippen LogP contribution in [-0.4, -0.2) is 38.9 Å². The van der Waals surface area contributed by atoms with Gasteiger partial charge in [-0.15, -0.1) is 16.8 Å². The van der Waals surface area contributed by atoms with Crippen LogP contribution >= 0.6 is 11.8 Å². The molecule has 0 bridgehead atoms. The first-order valence-electron chi connectivity index (χ1n) is 10.0. The number of hydrogen-bond acceptors (Lipinski definition) is 5. The van der Waals surface area contributed by atoms with Gasteiger partial charge < -0.3 is 15.2 Å². The van der Waals surface area contributed by atoms with Gasteiger partial charge in [0.25, 0.3) is 5.91 Å². The minimum absolute atomic E-state index is 0.00373. The van der Waals surface area contributed by atoms with E-state index < -0.39 is 11.7 Å².